The van der Waals surface area contributed by atoms with Crippen LogP contribution in [0.15, 0.2) is 35.4 Å². The molecule has 1 N–H and O–H groups in total. The number of hydrogen-bond donors (Lipinski definition) is 1. The molecule has 2 aromatic rings. The molecular weight excluding hydrogens is 345 g/mol. The molecule has 1 aromatic heterocycles. The van der Waals surface area contributed by atoms with Crippen LogP contribution in [0.2, 0.25) is 0 Å². The SMILES string of the molecule is Cc1cc(/C=N\NC(=O)COc2ccccc2F)c(C)n1C1CCCCC1. The fourth-order valence-corrected chi connectivity index (χ4v) is 3.75. The first-order valence-corrected chi connectivity index (χ1v) is 9.44. The molecular formula is C21H26FN3O2. The highest BCUT2D eigenvalue weighted by Crippen LogP contribution is 2.31. The Hall–Kier alpha value is -2.63. The Morgan fingerprint density at radius 2 is 2.04 bits per heavy atom. The van der Waals surface area contributed by atoms with Crippen LogP contribution in [0, 0.1) is 19.7 Å². The number of nitrogens with zero attached hydrogens (tertiary/aromatic N) is 2. The Morgan fingerprint density at radius 1 is 1.30 bits per heavy atom. The average Bonchev–Trinajstić information content (AvgIpc) is 2.95. The summed E-state index contributed by atoms with van der Waals surface area (Å²) in [5.74, 6) is -0.882. The molecule has 1 aromatic carbocycles. The van der Waals surface area contributed by atoms with Crippen LogP contribution in [0.3, 0.4) is 0 Å². The van der Waals surface area contributed by atoms with E-state index in [9.17, 15) is 9.18 Å². The van der Waals surface area contributed by atoms with Crippen molar-refractivity contribution >= 4 is 12.1 Å². The Balaban J connectivity index is 1.56. The van der Waals surface area contributed by atoms with Crippen LogP contribution in [0.25, 0.3) is 0 Å². The maximum atomic E-state index is 13.5. The lowest BCUT2D eigenvalue weighted by atomic mass is 9.95. The van der Waals surface area contributed by atoms with Crippen molar-refractivity contribution < 1.29 is 13.9 Å². The molecule has 5 nitrogen and oxygen atoms in total. The highest BCUT2D eigenvalue weighted by Gasteiger charge is 2.19. The van der Waals surface area contributed by atoms with Crippen molar-refractivity contribution in [3.8, 4) is 5.75 Å². The molecule has 6 heteroatoms. The number of amides is 1. The van der Waals surface area contributed by atoms with Crippen LogP contribution < -0.4 is 10.2 Å². The maximum absolute atomic E-state index is 13.5. The van der Waals surface area contributed by atoms with E-state index in [1.807, 2.05) is 0 Å². The molecule has 1 fully saturated rings. The van der Waals surface area contributed by atoms with Crippen molar-refractivity contribution in [2.24, 2.45) is 5.10 Å². The fraction of sp³-hybridized carbons (Fsp3) is 0.429. The number of carbonyl (C=O) groups is 1. The molecule has 0 unspecified atom stereocenters. The van der Waals surface area contributed by atoms with Crippen LogP contribution in [-0.2, 0) is 4.79 Å². The van der Waals surface area contributed by atoms with Gasteiger partial charge in [-0.1, -0.05) is 31.4 Å². The first kappa shape index (κ1) is 19.1. The Kier molecular flexibility index (Phi) is 6.27. The molecule has 1 amide bonds. The van der Waals surface area contributed by atoms with E-state index in [-0.39, 0.29) is 12.4 Å². The van der Waals surface area contributed by atoms with Crippen LogP contribution in [0.1, 0.15) is 55.1 Å². The zero-order chi connectivity index (χ0) is 19.2. The van der Waals surface area contributed by atoms with Crippen molar-refractivity contribution in [1.82, 2.24) is 9.99 Å². The lowest BCUT2D eigenvalue weighted by Gasteiger charge is -2.26. The molecule has 1 saturated carbocycles. The third-order valence-corrected chi connectivity index (χ3v) is 5.05. The van der Waals surface area contributed by atoms with Crippen molar-refractivity contribution in [3.05, 3.63) is 53.1 Å². The second-order valence-electron chi connectivity index (χ2n) is 7.00. The highest BCUT2D eigenvalue weighted by molar-refractivity contribution is 5.84. The Morgan fingerprint density at radius 3 is 2.78 bits per heavy atom. The van der Waals surface area contributed by atoms with Gasteiger partial charge in [0.1, 0.15) is 0 Å². The van der Waals surface area contributed by atoms with E-state index in [1.165, 1.54) is 55.6 Å². The topological polar surface area (TPSA) is 55.6 Å². The lowest BCUT2D eigenvalue weighted by molar-refractivity contribution is -0.123. The molecule has 0 radical (unpaired) electrons. The van der Waals surface area contributed by atoms with E-state index < -0.39 is 11.7 Å². The minimum Gasteiger partial charge on any atom is -0.481 e. The number of benzene rings is 1. The van der Waals surface area contributed by atoms with Gasteiger partial charge in [0, 0.05) is 23.0 Å². The number of nitrogens with one attached hydrogen (secondary N) is 1. The molecule has 0 saturated heterocycles. The third kappa shape index (κ3) is 4.76. The zero-order valence-electron chi connectivity index (χ0n) is 15.9. The van der Waals surface area contributed by atoms with Crippen LogP contribution in [-0.4, -0.2) is 23.3 Å². The summed E-state index contributed by atoms with van der Waals surface area (Å²) in [6, 6.07) is 8.63. The van der Waals surface area contributed by atoms with Crippen molar-refractivity contribution in [3.63, 3.8) is 0 Å². The van der Waals surface area contributed by atoms with Gasteiger partial charge in [0.05, 0.1) is 6.21 Å². The van der Waals surface area contributed by atoms with E-state index in [1.54, 1.807) is 18.3 Å². The van der Waals surface area contributed by atoms with E-state index in [4.69, 9.17) is 4.74 Å². The summed E-state index contributed by atoms with van der Waals surface area (Å²) in [5.41, 5.74) is 5.81. The number of hydrazone groups is 1. The van der Waals surface area contributed by atoms with Crippen LogP contribution in [0.5, 0.6) is 5.75 Å². The first-order valence-electron chi connectivity index (χ1n) is 9.44. The lowest BCUT2D eigenvalue weighted by Crippen LogP contribution is -2.24. The van der Waals surface area contributed by atoms with Gasteiger partial charge in [-0.25, -0.2) is 9.82 Å². The Bertz CT molecular complexity index is 823. The van der Waals surface area contributed by atoms with Gasteiger partial charge in [-0.05, 0) is 44.9 Å². The number of aromatic nitrogens is 1. The number of rotatable bonds is 6. The van der Waals surface area contributed by atoms with E-state index in [0.29, 0.717) is 6.04 Å². The van der Waals surface area contributed by atoms with Crippen LogP contribution >= 0.6 is 0 Å². The van der Waals surface area contributed by atoms with Gasteiger partial charge in [-0.15, -0.1) is 0 Å². The van der Waals surface area contributed by atoms with E-state index in [2.05, 4.69) is 35.0 Å². The first-order chi connectivity index (χ1) is 13.1. The minimum absolute atomic E-state index is 0.0488. The number of halogens is 1. The summed E-state index contributed by atoms with van der Waals surface area (Å²) in [7, 11) is 0. The largest absolute Gasteiger partial charge is 0.481 e. The summed E-state index contributed by atoms with van der Waals surface area (Å²) in [6.45, 7) is 3.91. The molecule has 0 aliphatic heterocycles. The fourth-order valence-electron chi connectivity index (χ4n) is 3.75. The summed E-state index contributed by atoms with van der Waals surface area (Å²) >= 11 is 0. The molecule has 1 heterocycles. The van der Waals surface area contributed by atoms with Crippen molar-refractivity contribution in [2.75, 3.05) is 6.61 Å². The second kappa shape index (κ2) is 8.84. The molecule has 27 heavy (non-hydrogen) atoms. The van der Waals surface area contributed by atoms with Gasteiger partial charge < -0.3 is 9.30 Å². The van der Waals surface area contributed by atoms with Gasteiger partial charge in [-0.2, -0.15) is 5.10 Å². The average molecular weight is 371 g/mol. The third-order valence-electron chi connectivity index (χ3n) is 5.05. The zero-order valence-corrected chi connectivity index (χ0v) is 15.9. The van der Waals surface area contributed by atoms with Crippen LogP contribution in [0.4, 0.5) is 4.39 Å². The number of ether oxygens (including phenoxy) is 1. The molecule has 3 rings (SSSR count). The number of hydrogen-bond acceptors (Lipinski definition) is 3. The molecule has 0 spiro atoms. The molecule has 0 bridgehead atoms. The molecule has 0 atom stereocenters. The number of carbonyl (C=O) groups excluding carboxylic acids is 1. The van der Waals surface area contributed by atoms with Crippen molar-refractivity contribution in [2.45, 2.75) is 52.0 Å². The summed E-state index contributed by atoms with van der Waals surface area (Å²) in [5, 5.41) is 4.03. The minimum atomic E-state index is -0.496. The second-order valence-corrected chi connectivity index (χ2v) is 7.00. The van der Waals surface area contributed by atoms with E-state index >= 15 is 0 Å². The van der Waals surface area contributed by atoms with Gasteiger partial charge in [0.2, 0.25) is 0 Å². The smallest absolute Gasteiger partial charge is 0.277 e. The summed E-state index contributed by atoms with van der Waals surface area (Å²) in [6.07, 6.45) is 7.98. The maximum Gasteiger partial charge on any atom is 0.277 e. The molecule has 1 aliphatic rings. The molecule has 1 aliphatic carbocycles. The summed E-state index contributed by atoms with van der Waals surface area (Å²) in [4.78, 5) is 11.8. The predicted octanol–water partition coefficient (Wildman–Crippen LogP) is 4.28. The monoisotopic (exact) mass is 371 g/mol. The van der Waals surface area contributed by atoms with E-state index in [0.717, 1.165) is 5.56 Å². The van der Waals surface area contributed by atoms with Gasteiger partial charge >= 0.3 is 0 Å². The highest BCUT2D eigenvalue weighted by atomic mass is 19.1. The standard InChI is InChI=1S/C21H26FN3O2/c1-15-12-17(16(2)25(15)18-8-4-3-5-9-18)13-23-24-21(26)14-27-20-11-7-6-10-19(20)22/h6-7,10-13,18H,3-5,8-9,14H2,1-2H3,(H,24,26)/b23-13-. The Labute approximate surface area is 159 Å². The number of para-hydroxylation sites is 1. The van der Waals surface area contributed by atoms with Gasteiger partial charge in [-0.3, -0.25) is 4.79 Å². The van der Waals surface area contributed by atoms with Gasteiger partial charge in [0.15, 0.2) is 18.2 Å². The normalized spacial score (nSPS) is 15.2. The quantitative estimate of drug-likeness (QED) is 0.609. The van der Waals surface area contributed by atoms with Gasteiger partial charge in [0.25, 0.3) is 5.91 Å². The number of aryl methyl sites for hydroxylation is 1. The van der Waals surface area contributed by atoms with Crippen molar-refractivity contribution in [1.29, 1.82) is 0 Å². The summed E-state index contributed by atoms with van der Waals surface area (Å²) < 4.78 is 21.0. The predicted molar refractivity (Wildman–Crippen MR) is 104 cm³/mol. The molecule has 144 valence electrons.